The summed E-state index contributed by atoms with van der Waals surface area (Å²) in [6.07, 6.45) is 3.10. The summed E-state index contributed by atoms with van der Waals surface area (Å²) >= 11 is 0. The summed E-state index contributed by atoms with van der Waals surface area (Å²) in [7, 11) is 0. The molecule has 1 heterocycles. The van der Waals surface area contributed by atoms with Crippen LogP contribution in [0.2, 0.25) is 0 Å². The Morgan fingerprint density at radius 2 is 1.91 bits per heavy atom. The number of carbonyl (C=O) groups excluding carboxylic acids is 1. The molecule has 120 valence electrons. The van der Waals surface area contributed by atoms with Crippen molar-refractivity contribution < 1.29 is 4.79 Å². The third-order valence-corrected chi connectivity index (χ3v) is 4.13. The zero-order valence-electron chi connectivity index (χ0n) is 13.9. The molecule has 0 unspecified atom stereocenters. The van der Waals surface area contributed by atoms with Gasteiger partial charge in [0.25, 0.3) is 5.54 Å². The van der Waals surface area contributed by atoms with Crippen molar-refractivity contribution in [3.63, 3.8) is 0 Å². The molecular formula is C17H21N5O. The van der Waals surface area contributed by atoms with Crippen molar-refractivity contribution in [2.24, 2.45) is 5.73 Å². The van der Waals surface area contributed by atoms with Crippen molar-refractivity contribution in [3.8, 4) is 0 Å². The van der Waals surface area contributed by atoms with Crippen molar-refractivity contribution >= 4 is 5.91 Å². The summed E-state index contributed by atoms with van der Waals surface area (Å²) in [5.41, 5.74) is 6.67. The summed E-state index contributed by atoms with van der Waals surface area (Å²) < 4.78 is 1.70. The fraction of sp³-hybridized carbons (Fsp3) is 0.412. The molecule has 23 heavy (non-hydrogen) atoms. The number of hydrogen-bond acceptors (Lipinski definition) is 3. The average Bonchev–Trinajstić information content (AvgIpc) is 2.99. The van der Waals surface area contributed by atoms with Crippen molar-refractivity contribution in [2.45, 2.75) is 45.2 Å². The normalized spacial score (nSPS) is 12.0. The first-order valence-corrected chi connectivity index (χ1v) is 7.32. The standard InChI is InChI=1S/C17H21N5O/c1-16(2,15(18)23)13-6-12(9-22-11-20-10-21-22)7-14(8-13)17(3,4)19-5/h6-8,10-11H,9H2,1-4H3,(H2,18,23). The maximum atomic E-state index is 11.8. The van der Waals surface area contributed by atoms with Gasteiger partial charge in [-0.2, -0.15) is 5.10 Å². The Hall–Kier alpha value is -2.68. The van der Waals surface area contributed by atoms with E-state index in [1.54, 1.807) is 24.9 Å². The van der Waals surface area contributed by atoms with Gasteiger partial charge in [0.1, 0.15) is 12.7 Å². The number of rotatable bonds is 5. The van der Waals surface area contributed by atoms with E-state index in [0.717, 1.165) is 16.7 Å². The molecule has 0 aliphatic rings. The highest BCUT2D eigenvalue weighted by molar-refractivity contribution is 5.85. The van der Waals surface area contributed by atoms with E-state index in [4.69, 9.17) is 12.3 Å². The lowest BCUT2D eigenvalue weighted by atomic mass is 9.80. The molecule has 0 spiro atoms. The smallest absolute Gasteiger partial charge is 0.252 e. The molecule has 1 aromatic heterocycles. The van der Waals surface area contributed by atoms with Crippen LogP contribution >= 0.6 is 0 Å². The molecule has 0 radical (unpaired) electrons. The Morgan fingerprint density at radius 3 is 2.43 bits per heavy atom. The molecule has 0 saturated heterocycles. The summed E-state index contributed by atoms with van der Waals surface area (Å²) in [4.78, 5) is 19.4. The second-order valence-corrected chi connectivity index (χ2v) is 6.67. The maximum absolute atomic E-state index is 11.8. The number of benzene rings is 1. The summed E-state index contributed by atoms with van der Waals surface area (Å²) in [5, 5.41) is 4.10. The number of hydrogen-bond donors (Lipinski definition) is 1. The first-order valence-electron chi connectivity index (χ1n) is 7.32. The molecule has 2 aromatic rings. The van der Waals surface area contributed by atoms with Gasteiger partial charge in [-0.15, -0.1) is 0 Å². The number of nitrogens with zero attached hydrogens (tertiary/aromatic N) is 4. The minimum atomic E-state index is -0.814. The second kappa shape index (κ2) is 5.84. The second-order valence-electron chi connectivity index (χ2n) is 6.67. The van der Waals surface area contributed by atoms with Crippen LogP contribution in [0.4, 0.5) is 0 Å². The van der Waals surface area contributed by atoms with Crippen LogP contribution in [0, 0.1) is 6.57 Å². The van der Waals surface area contributed by atoms with Crippen LogP contribution in [0.15, 0.2) is 30.9 Å². The maximum Gasteiger partial charge on any atom is 0.252 e. The quantitative estimate of drug-likeness (QED) is 0.860. The molecule has 0 aliphatic carbocycles. The highest BCUT2D eigenvalue weighted by Crippen LogP contribution is 2.31. The third kappa shape index (κ3) is 3.39. The van der Waals surface area contributed by atoms with Crippen LogP contribution in [0.3, 0.4) is 0 Å². The number of carbonyl (C=O) groups is 1. The predicted molar refractivity (Wildman–Crippen MR) is 87.4 cm³/mol. The average molecular weight is 311 g/mol. The van der Waals surface area contributed by atoms with Gasteiger partial charge in [-0.05, 0) is 37.1 Å². The molecule has 0 atom stereocenters. The fourth-order valence-electron chi connectivity index (χ4n) is 2.21. The molecule has 6 heteroatoms. The number of aromatic nitrogens is 3. The van der Waals surface area contributed by atoms with Crippen molar-refractivity contribution in [1.82, 2.24) is 14.8 Å². The summed E-state index contributed by atoms with van der Waals surface area (Å²) in [6, 6.07) is 5.81. The van der Waals surface area contributed by atoms with Gasteiger partial charge < -0.3 is 10.6 Å². The van der Waals surface area contributed by atoms with Gasteiger partial charge in [0.05, 0.1) is 12.0 Å². The van der Waals surface area contributed by atoms with E-state index in [-0.39, 0.29) is 0 Å². The predicted octanol–water partition coefficient (Wildman–Crippen LogP) is 2.24. The number of amides is 1. The summed E-state index contributed by atoms with van der Waals surface area (Å²) in [6.45, 7) is 15.2. The largest absolute Gasteiger partial charge is 0.369 e. The van der Waals surface area contributed by atoms with E-state index < -0.39 is 16.9 Å². The highest BCUT2D eigenvalue weighted by Gasteiger charge is 2.32. The summed E-state index contributed by atoms with van der Waals surface area (Å²) in [5.74, 6) is -0.401. The van der Waals surface area contributed by atoms with Gasteiger partial charge in [-0.1, -0.05) is 6.07 Å². The van der Waals surface area contributed by atoms with E-state index in [1.807, 2.05) is 32.0 Å². The Labute approximate surface area is 136 Å². The topological polar surface area (TPSA) is 78.2 Å². The Bertz CT molecular complexity index is 754. The number of primary amides is 1. The van der Waals surface area contributed by atoms with Crippen LogP contribution in [-0.2, 0) is 22.3 Å². The zero-order valence-corrected chi connectivity index (χ0v) is 13.9. The molecule has 0 aliphatic heterocycles. The molecule has 1 amide bonds. The van der Waals surface area contributed by atoms with Gasteiger partial charge in [0.15, 0.2) is 0 Å². The van der Waals surface area contributed by atoms with Crippen molar-refractivity contribution in [2.75, 3.05) is 0 Å². The van der Waals surface area contributed by atoms with Crippen LogP contribution in [0.5, 0.6) is 0 Å². The van der Waals surface area contributed by atoms with Crippen molar-refractivity contribution in [1.29, 1.82) is 0 Å². The third-order valence-electron chi connectivity index (χ3n) is 4.13. The molecule has 2 N–H and O–H groups in total. The Kier molecular flexibility index (Phi) is 4.24. The monoisotopic (exact) mass is 311 g/mol. The molecule has 2 rings (SSSR count). The van der Waals surface area contributed by atoms with Crippen LogP contribution < -0.4 is 5.73 Å². The van der Waals surface area contributed by atoms with Gasteiger partial charge >= 0.3 is 0 Å². The number of nitrogens with two attached hydrogens (primary N) is 1. The first-order chi connectivity index (χ1) is 10.7. The zero-order chi connectivity index (χ0) is 17.3. The lowest BCUT2D eigenvalue weighted by Crippen LogP contribution is -2.36. The first kappa shape index (κ1) is 16.7. The Morgan fingerprint density at radius 1 is 1.26 bits per heavy atom. The van der Waals surface area contributed by atoms with E-state index >= 15 is 0 Å². The molecule has 1 aromatic carbocycles. The van der Waals surface area contributed by atoms with E-state index in [9.17, 15) is 4.79 Å². The van der Waals surface area contributed by atoms with Gasteiger partial charge in [-0.25, -0.2) is 16.2 Å². The minimum Gasteiger partial charge on any atom is -0.369 e. The van der Waals surface area contributed by atoms with Gasteiger partial charge in [0, 0.05) is 19.4 Å². The van der Waals surface area contributed by atoms with Crippen LogP contribution in [0.1, 0.15) is 44.4 Å². The molecular weight excluding hydrogens is 290 g/mol. The fourth-order valence-corrected chi connectivity index (χ4v) is 2.21. The molecule has 6 nitrogen and oxygen atoms in total. The van der Waals surface area contributed by atoms with E-state index in [1.165, 1.54) is 6.33 Å². The van der Waals surface area contributed by atoms with Gasteiger partial charge in [0.2, 0.25) is 5.91 Å². The van der Waals surface area contributed by atoms with E-state index in [2.05, 4.69) is 14.9 Å². The van der Waals surface area contributed by atoms with Gasteiger partial charge in [-0.3, -0.25) is 4.79 Å². The SMILES string of the molecule is [C-]#[N+]C(C)(C)c1cc(Cn2cncn2)cc(C(C)(C)C(N)=O)c1. The lowest BCUT2D eigenvalue weighted by molar-refractivity contribution is -0.122. The van der Waals surface area contributed by atoms with Crippen LogP contribution in [-0.4, -0.2) is 20.7 Å². The molecule has 0 fully saturated rings. The Balaban J connectivity index is 2.57. The van der Waals surface area contributed by atoms with Crippen LogP contribution in [0.25, 0.3) is 4.85 Å². The lowest BCUT2D eigenvalue weighted by Gasteiger charge is -2.24. The molecule has 0 bridgehead atoms. The van der Waals surface area contributed by atoms with Crippen molar-refractivity contribution in [3.05, 3.63) is 59.0 Å². The van der Waals surface area contributed by atoms with E-state index in [0.29, 0.717) is 6.54 Å². The highest BCUT2D eigenvalue weighted by atomic mass is 16.1. The minimum absolute atomic E-state index is 0.401. The molecule has 0 saturated carbocycles.